The molecule has 2 aromatic heterocycles. The van der Waals surface area contributed by atoms with E-state index in [0.717, 1.165) is 67.5 Å². The van der Waals surface area contributed by atoms with Crippen molar-refractivity contribution in [3.05, 3.63) is 179 Å². The Morgan fingerprint density at radius 1 is 0.432 bits per heavy atom. The van der Waals surface area contributed by atoms with Gasteiger partial charge in [-0.05, 0) is 135 Å². The van der Waals surface area contributed by atoms with Gasteiger partial charge in [-0.15, -0.1) is 16.8 Å². The first-order valence-electron chi connectivity index (χ1n) is 26.1. The second-order valence-electron chi connectivity index (χ2n) is 24.7. The molecular weight excluding hydrogens is 911 g/mol. The summed E-state index contributed by atoms with van der Waals surface area (Å²) in [6.07, 6.45) is 0. The summed E-state index contributed by atoms with van der Waals surface area (Å²) >= 11 is 1.87. The lowest BCUT2D eigenvalue weighted by molar-refractivity contribution is 0.589. The molecule has 0 fully saturated rings. The molecule has 0 saturated heterocycles. The van der Waals surface area contributed by atoms with Gasteiger partial charge in [-0.25, -0.2) is 0 Å². The third kappa shape index (κ3) is 8.67. The van der Waals surface area contributed by atoms with Crippen LogP contribution in [-0.2, 0) is 21.7 Å². The van der Waals surface area contributed by atoms with Gasteiger partial charge in [0.05, 0.1) is 11.2 Å². The van der Waals surface area contributed by atoms with Crippen LogP contribution in [0.15, 0.2) is 140 Å². The van der Waals surface area contributed by atoms with Crippen LogP contribution in [0.3, 0.4) is 0 Å². The highest BCUT2D eigenvalue weighted by Gasteiger charge is 2.32. The molecule has 3 nitrogen and oxygen atoms in total. The van der Waals surface area contributed by atoms with Crippen molar-refractivity contribution in [2.24, 2.45) is 0 Å². The van der Waals surface area contributed by atoms with Crippen molar-refractivity contribution in [1.82, 2.24) is 4.57 Å². The summed E-state index contributed by atoms with van der Waals surface area (Å²) in [6.45, 7) is 33.8. The van der Waals surface area contributed by atoms with Crippen molar-refractivity contribution in [1.29, 1.82) is 0 Å². The van der Waals surface area contributed by atoms with Crippen LogP contribution in [0.25, 0.3) is 47.5 Å². The van der Waals surface area contributed by atoms with Crippen LogP contribution in [0, 0.1) is 20.8 Å². The number of fused-ring (bicyclic) bond motifs is 7. The topological polar surface area (TPSA) is 11.4 Å². The van der Waals surface area contributed by atoms with Crippen molar-refractivity contribution >= 4 is 127 Å². The van der Waals surface area contributed by atoms with E-state index in [0.29, 0.717) is 16.4 Å². The fraction of sp³-hybridized carbons (Fsp3) is 0.284. The number of anilines is 6. The van der Waals surface area contributed by atoms with Crippen LogP contribution in [-0.4, -0.2) is 28.1 Å². The summed E-state index contributed by atoms with van der Waals surface area (Å²) in [5.74, 6) is 0. The Labute approximate surface area is 448 Å². The standard InChI is InChI=1S/C67H68B3N3S/c1-39-38-46(67(13,14)15)27-36-53(39)72(48-30-23-44(24-31-48)65(7,8)9)59-40(2)60(58(70)56(68)57(59)69)73(49-32-25-45(26-33-49)66(10,11)12)61-41(3)71(47-28-21-43(22-29-47)64(4,5)6)54-37-35-52-51-34-20-42-18-16-17-19-50(42)62(51)74-63(52)55(54)61/h16-38H,1-15H3. The second-order valence-corrected chi connectivity index (χ2v) is 25.8. The van der Waals surface area contributed by atoms with E-state index in [9.17, 15) is 0 Å². The van der Waals surface area contributed by atoms with Gasteiger partial charge >= 0.3 is 0 Å². The molecule has 0 saturated carbocycles. The van der Waals surface area contributed by atoms with Crippen molar-refractivity contribution in [3.63, 3.8) is 0 Å². The molecule has 0 N–H and O–H groups in total. The molecule has 0 aliphatic rings. The SMILES string of the molecule is [B]c1c([B])c(N(c2ccc(C(C)(C)C)cc2)c2ccc(C(C)(C)C)cc2C)c(C)c(N(c2ccc(C(C)(C)C)cc2)c2c(C)n(-c3ccc(C(C)(C)C)cc3)c3ccc4c5ccc6ccccc6c5sc4c23)c1[B]. The lowest BCUT2D eigenvalue weighted by Crippen LogP contribution is -2.44. The minimum absolute atomic E-state index is 0.00293. The van der Waals surface area contributed by atoms with Gasteiger partial charge in [0.25, 0.3) is 0 Å². The van der Waals surface area contributed by atoms with Gasteiger partial charge in [-0.1, -0.05) is 185 Å². The van der Waals surface area contributed by atoms with E-state index in [1.165, 1.54) is 53.2 Å². The molecule has 2 heterocycles. The van der Waals surface area contributed by atoms with Gasteiger partial charge in [0, 0.05) is 65.4 Å². The maximum absolute atomic E-state index is 7.61. The predicted molar refractivity (Wildman–Crippen MR) is 328 cm³/mol. The molecule has 0 atom stereocenters. The molecule has 0 amide bonds. The summed E-state index contributed by atoms with van der Waals surface area (Å²) in [7, 11) is 22.5. The molecule has 0 aliphatic heterocycles. The van der Waals surface area contributed by atoms with Crippen LogP contribution in [0.1, 0.15) is 122 Å². The highest BCUT2D eigenvalue weighted by Crippen LogP contribution is 2.52. The zero-order valence-electron chi connectivity index (χ0n) is 46.3. The van der Waals surface area contributed by atoms with Gasteiger partial charge in [0.2, 0.25) is 0 Å². The van der Waals surface area contributed by atoms with Gasteiger partial charge < -0.3 is 14.4 Å². The Kier molecular flexibility index (Phi) is 12.5. The fourth-order valence-corrected chi connectivity index (χ4v) is 12.4. The molecule has 7 heteroatoms. The highest BCUT2D eigenvalue weighted by molar-refractivity contribution is 7.27. The van der Waals surface area contributed by atoms with E-state index in [4.69, 9.17) is 23.5 Å². The van der Waals surface area contributed by atoms with Gasteiger partial charge in [0.1, 0.15) is 23.5 Å². The fourth-order valence-electron chi connectivity index (χ4n) is 11.0. The minimum Gasteiger partial charge on any atom is -0.312 e. The molecule has 0 spiro atoms. The van der Waals surface area contributed by atoms with E-state index >= 15 is 0 Å². The van der Waals surface area contributed by atoms with Gasteiger partial charge in [0.15, 0.2) is 0 Å². The van der Waals surface area contributed by atoms with Crippen molar-refractivity contribution < 1.29 is 0 Å². The summed E-state index contributed by atoms with van der Waals surface area (Å²) < 4.78 is 4.92. The number of aromatic nitrogens is 1. The average molecular weight is 980 g/mol. The van der Waals surface area contributed by atoms with Gasteiger partial charge in [-0.3, -0.25) is 0 Å². The maximum Gasteiger partial charge on any atom is 0.115 e. The number of hydrogen-bond donors (Lipinski definition) is 0. The summed E-state index contributed by atoms with van der Waals surface area (Å²) in [5.41, 5.74) is 16.9. The van der Waals surface area contributed by atoms with Crippen LogP contribution in [0.2, 0.25) is 0 Å². The first-order chi connectivity index (χ1) is 34.8. The summed E-state index contributed by atoms with van der Waals surface area (Å²) in [4.78, 5) is 4.70. The maximum atomic E-state index is 7.61. The van der Waals surface area contributed by atoms with Crippen LogP contribution in [0.5, 0.6) is 0 Å². The number of thiophene rings is 1. The quantitative estimate of drug-likeness (QED) is 0.147. The molecule has 366 valence electrons. The third-order valence-electron chi connectivity index (χ3n) is 15.4. The highest BCUT2D eigenvalue weighted by atomic mass is 32.1. The first kappa shape index (κ1) is 51.1. The van der Waals surface area contributed by atoms with Gasteiger partial charge in [-0.2, -0.15) is 0 Å². The zero-order chi connectivity index (χ0) is 53.1. The second kappa shape index (κ2) is 18.2. The Morgan fingerprint density at radius 3 is 1.45 bits per heavy atom. The summed E-state index contributed by atoms with van der Waals surface area (Å²) in [5, 5.41) is 6.08. The number of hydrogen-bond acceptors (Lipinski definition) is 3. The average Bonchev–Trinajstić information content (AvgIpc) is 3.87. The first-order valence-corrected chi connectivity index (χ1v) is 27.0. The Morgan fingerprint density at radius 2 is 0.905 bits per heavy atom. The van der Waals surface area contributed by atoms with Crippen molar-refractivity contribution in [2.45, 2.75) is 126 Å². The number of aryl methyl sites for hydroxylation is 1. The minimum atomic E-state index is -0.0717. The Bertz CT molecular complexity index is 3810. The molecule has 8 aromatic carbocycles. The molecule has 0 aliphatic carbocycles. The Balaban J connectivity index is 1.35. The number of nitrogens with zero attached hydrogens (tertiary/aromatic N) is 3. The van der Waals surface area contributed by atoms with Crippen LogP contribution < -0.4 is 26.2 Å². The third-order valence-corrected chi connectivity index (χ3v) is 16.7. The van der Waals surface area contributed by atoms with Crippen LogP contribution in [0.4, 0.5) is 34.1 Å². The van der Waals surface area contributed by atoms with E-state index in [1.54, 1.807) is 0 Å². The Hall–Kier alpha value is -6.43. The molecular formula is C67H68B3N3S. The molecule has 0 bridgehead atoms. The summed E-state index contributed by atoms with van der Waals surface area (Å²) in [6, 6.07) is 51.8. The normalized spacial score (nSPS) is 12.7. The van der Waals surface area contributed by atoms with Crippen molar-refractivity contribution in [2.75, 3.05) is 9.80 Å². The lowest BCUT2D eigenvalue weighted by atomic mass is 9.69. The molecule has 0 unspecified atom stereocenters. The van der Waals surface area contributed by atoms with E-state index in [1.807, 2.05) is 11.3 Å². The number of benzene rings is 8. The lowest BCUT2D eigenvalue weighted by Gasteiger charge is -2.37. The molecule has 6 radical (unpaired) electrons. The van der Waals surface area contributed by atoms with Crippen molar-refractivity contribution in [3.8, 4) is 5.69 Å². The molecule has 10 rings (SSSR count). The van der Waals surface area contributed by atoms with E-state index < -0.39 is 0 Å². The zero-order valence-corrected chi connectivity index (χ0v) is 47.1. The monoisotopic (exact) mass is 980 g/mol. The molecule has 10 aromatic rings. The number of rotatable bonds is 7. The largest absolute Gasteiger partial charge is 0.312 e. The van der Waals surface area contributed by atoms with E-state index in [2.05, 4.69) is 258 Å². The van der Waals surface area contributed by atoms with Crippen LogP contribution >= 0.6 is 11.3 Å². The smallest absolute Gasteiger partial charge is 0.115 e. The van der Waals surface area contributed by atoms with E-state index in [-0.39, 0.29) is 21.7 Å². The molecule has 74 heavy (non-hydrogen) atoms. The predicted octanol–water partition coefficient (Wildman–Crippen LogP) is 16.6.